The molecule has 19 heavy (non-hydrogen) atoms. The average molecular weight is 279 g/mol. The van der Waals surface area contributed by atoms with Crippen LogP contribution in [0.4, 0.5) is 0 Å². The van der Waals surface area contributed by atoms with Crippen LogP contribution < -0.4 is 0 Å². The first kappa shape index (κ1) is 16.6. The van der Waals surface area contributed by atoms with Gasteiger partial charge in [-0.25, -0.2) is 0 Å². The minimum Gasteiger partial charge on any atom is -0.143 e. The van der Waals surface area contributed by atoms with Gasteiger partial charge in [-0.3, -0.25) is 0 Å². The fourth-order valence-corrected chi connectivity index (χ4v) is 2.96. The average Bonchev–Trinajstić information content (AvgIpc) is 2.11. The van der Waals surface area contributed by atoms with E-state index >= 15 is 0 Å². The molecule has 0 aliphatic carbocycles. The van der Waals surface area contributed by atoms with Gasteiger partial charge in [-0.05, 0) is 39.0 Å². The molecule has 0 aliphatic heterocycles. The first-order valence-corrected chi connectivity index (χ1v) is 7.58. The highest BCUT2D eigenvalue weighted by Gasteiger charge is 2.28. The van der Waals surface area contributed by atoms with Crippen molar-refractivity contribution in [3.63, 3.8) is 0 Å². The zero-order valence-electron chi connectivity index (χ0n) is 14.1. The summed E-state index contributed by atoms with van der Waals surface area (Å²) in [6.45, 7) is 20.5. The number of rotatable bonds is 0. The van der Waals surface area contributed by atoms with Crippen LogP contribution in [0, 0.1) is 0 Å². The molecule has 0 unspecified atom stereocenters. The van der Waals surface area contributed by atoms with Crippen LogP contribution in [0.1, 0.15) is 79.0 Å². The molecular formula is C18H30S. The number of hydrogen-bond acceptors (Lipinski definition) is 1. The number of benzene rings is 1. The lowest BCUT2D eigenvalue weighted by molar-refractivity contribution is 0.518. The fraction of sp³-hybridized carbons (Fsp3) is 0.667. The Morgan fingerprint density at radius 1 is 0.579 bits per heavy atom. The summed E-state index contributed by atoms with van der Waals surface area (Å²) in [6.07, 6.45) is 0. The van der Waals surface area contributed by atoms with Crippen LogP contribution in [0.15, 0.2) is 17.0 Å². The fourth-order valence-electron chi connectivity index (χ4n) is 2.43. The van der Waals surface area contributed by atoms with E-state index < -0.39 is 0 Å². The minimum atomic E-state index is 0.132. The Bertz CT molecular complexity index is 462. The third kappa shape index (κ3) is 3.78. The van der Waals surface area contributed by atoms with Crippen LogP contribution in [0.5, 0.6) is 0 Å². The van der Waals surface area contributed by atoms with E-state index in [2.05, 4.69) is 74.4 Å². The van der Waals surface area contributed by atoms with Crippen molar-refractivity contribution in [3.05, 3.63) is 28.8 Å². The molecule has 108 valence electrons. The molecule has 0 atom stereocenters. The standard InChI is InChI=1S/C18H30S/c1-16(2,3)12-10-14(18(7,8)9)15(19)11-13(12)17(4,5)6/h10-11,19H,1-9H3. The van der Waals surface area contributed by atoms with Gasteiger partial charge in [-0.15, -0.1) is 12.6 Å². The predicted octanol–water partition coefficient (Wildman–Crippen LogP) is 5.87. The third-order valence-corrected chi connectivity index (χ3v) is 3.93. The summed E-state index contributed by atoms with van der Waals surface area (Å²) >= 11 is 4.74. The van der Waals surface area contributed by atoms with Crippen LogP contribution in [0.3, 0.4) is 0 Å². The first-order valence-electron chi connectivity index (χ1n) is 7.13. The second-order valence-corrected chi connectivity index (χ2v) is 9.15. The molecule has 0 fully saturated rings. The summed E-state index contributed by atoms with van der Waals surface area (Å²) in [5.41, 5.74) is 4.64. The van der Waals surface area contributed by atoms with Gasteiger partial charge in [0, 0.05) is 4.90 Å². The molecule has 0 heterocycles. The zero-order valence-corrected chi connectivity index (χ0v) is 15.0. The van der Waals surface area contributed by atoms with Gasteiger partial charge in [0.25, 0.3) is 0 Å². The van der Waals surface area contributed by atoms with E-state index in [0.29, 0.717) is 0 Å². The van der Waals surface area contributed by atoms with Crippen LogP contribution in [-0.4, -0.2) is 0 Å². The molecule has 0 amide bonds. The Morgan fingerprint density at radius 2 is 0.895 bits per heavy atom. The Balaban J connectivity index is 3.66. The predicted molar refractivity (Wildman–Crippen MR) is 89.8 cm³/mol. The molecule has 0 saturated carbocycles. The van der Waals surface area contributed by atoms with Crippen molar-refractivity contribution in [1.82, 2.24) is 0 Å². The molecule has 0 bridgehead atoms. The Kier molecular flexibility index (Phi) is 4.23. The van der Waals surface area contributed by atoms with Crippen molar-refractivity contribution < 1.29 is 0 Å². The lowest BCUT2D eigenvalue weighted by Gasteiger charge is -2.33. The monoisotopic (exact) mass is 278 g/mol. The van der Waals surface area contributed by atoms with Crippen molar-refractivity contribution in [2.75, 3.05) is 0 Å². The largest absolute Gasteiger partial charge is 0.143 e. The molecule has 0 aliphatic rings. The third-order valence-electron chi connectivity index (χ3n) is 3.56. The van der Waals surface area contributed by atoms with Crippen LogP contribution in [0.2, 0.25) is 0 Å². The second kappa shape index (κ2) is 4.84. The Hall–Kier alpha value is -0.430. The zero-order chi connectivity index (χ0) is 15.2. The molecular weight excluding hydrogens is 248 g/mol. The topological polar surface area (TPSA) is 0 Å². The van der Waals surface area contributed by atoms with Crippen molar-refractivity contribution in [2.24, 2.45) is 0 Å². The molecule has 1 aromatic carbocycles. The molecule has 0 aromatic heterocycles. The maximum atomic E-state index is 4.74. The van der Waals surface area contributed by atoms with Gasteiger partial charge in [0.2, 0.25) is 0 Å². The lowest BCUT2D eigenvalue weighted by Crippen LogP contribution is -2.24. The summed E-state index contributed by atoms with van der Waals surface area (Å²) in [5, 5.41) is 0. The van der Waals surface area contributed by atoms with Crippen molar-refractivity contribution in [3.8, 4) is 0 Å². The van der Waals surface area contributed by atoms with Crippen molar-refractivity contribution >= 4 is 12.6 Å². The van der Waals surface area contributed by atoms with Crippen molar-refractivity contribution in [2.45, 2.75) is 83.5 Å². The molecule has 1 heteroatoms. The van der Waals surface area contributed by atoms with Crippen LogP contribution >= 0.6 is 12.6 Å². The highest BCUT2D eigenvalue weighted by molar-refractivity contribution is 7.80. The summed E-state index contributed by atoms with van der Waals surface area (Å²) in [7, 11) is 0. The van der Waals surface area contributed by atoms with Crippen molar-refractivity contribution in [1.29, 1.82) is 0 Å². The van der Waals surface area contributed by atoms with E-state index in [0.717, 1.165) is 4.90 Å². The van der Waals surface area contributed by atoms with Gasteiger partial charge >= 0.3 is 0 Å². The molecule has 0 nitrogen and oxygen atoms in total. The minimum absolute atomic E-state index is 0.132. The highest BCUT2D eigenvalue weighted by atomic mass is 32.1. The van der Waals surface area contributed by atoms with Gasteiger partial charge in [-0.1, -0.05) is 68.4 Å². The SMILES string of the molecule is CC(C)(C)c1cc(C(C)(C)C)c(C(C)(C)C)cc1S. The molecule has 1 aromatic rings. The molecule has 1 rings (SSSR count). The highest BCUT2D eigenvalue weighted by Crippen LogP contribution is 2.39. The van der Waals surface area contributed by atoms with Gasteiger partial charge < -0.3 is 0 Å². The Morgan fingerprint density at radius 3 is 1.21 bits per heavy atom. The van der Waals surface area contributed by atoms with Gasteiger partial charge in [0.05, 0.1) is 0 Å². The normalized spacial score (nSPS) is 13.8. The van der Waals surface area contributed by atoms with E-state index in [1.165, 1.54) is 16.7 Å². The first-order chi connectivity index (χ1) is 8.24. The van der Waals surface area contributed by atoms with Crippen LogP contribution in [0.25, 0.3) is 0 Å². The van der Waals surface area contributed by atoms with E-state index in [9.17, 15) is 0 Å². The summed E-state index contributed by atoms with van der Waals surface area (Å²) < 4.78 is 0. The summed E-state index contributed by atoms with van der Waals surface area (Å²) in [4.78, 5) is 1.12. The number of thiol groups is 1. The van der Waals surface area contributed by atoms with E-state index in [-0.39, 0.29) is 16.2 Å². The Labute approximate surface area is 125 Å². The summed E-state index contributed by atoms with van der Waals surface area (Å²) in [5.74, 6) is 0. The molecule has 0 saturated heterocycles. The van der Waals surface area contributed by atoms with E-state index in [1.54, 1.807) is 0 Å². The van der Waals surface area contributed by atoms with Crippen LogP contribution in [-0.2, 0) is 16.2 Å². The van der Waals surface area contributed by atoms with E-state index in [1.807, 2.05) is 0 Å². The molecule has 0 spiro atoms. The lowest BCUT2D eigenvalue weighted by atomic mass is 9.72. The number of hydrogen-bond donors (Lipinski definition) is 1. The van der Waals surface area contributed by atoms with Gasteiger partial charge in [0.15, 0.2) is 0 Å². The van der Waals surface area contributed by atoms with E-state index in [4.69, 9.17) is 12.6 Å². The maximum absolute atomic E-state index is 4.74. The van der Waals surface area contributed by atoms with Gasteiger partial charge in [-0.2, -0.15) is 0 Å². The quantitative estimate of drug-likeness (QED) is 0.564. The maximum Gasteiger partial charge on any atom is 0.00805 e. The van der Waals surface area contributed by atoms with Gasteiger partial charge in [0.1, 0.15) is 0 Å². The smallest absolute Gasteiger partial charge is 0.00805 e. The molecule has 0 radical (unpaired) electrons. The summed E-state index contributed by atoms with van der Waals surface area (Å²) in [6, 6.07) is 4.66. The second-order valence-electron chi connectivity index (χ2n) is 8.66. The molecule has 0 N–H and O–H groups in total.